The lowest BCUT2D eigenvalue weighted by atomic mass is 10.4. The third-order valence-electron chi connectivity index (χ3n) is 1.93. The molecule has 1 heterocycles. The van der Waals surface area contributed by atoms with Gasteiger partial charge in [0.2, 0.25) is 0 Å². The van der Waals surface area contributed by atoms with E-state index in [1.54, 1.807) is 24.3 Å². The van der Waals surface area contributed by atoms with Gasteiger partial charge in [-0.2, -0.15) is 0 Å². The van der Waals surface area contributed by atoms with E-state index in [1.165, 1.54) is 0 Å². The smallest absolute Gasteiger partial charge is 0.116 e. The van der Waals surface area contributed by atoms with E-state index in [-0.39, 0.29) is 0 Å². The highest BCUT2D eigenvalue weighted by Gasteiger charge is 1.93. The number of hydrogen-bond donors (Lipinski definition) is 1. The van der Waals surface area contributed by atoms with Gasteiger partial charge in [0.1, 0.15) is 6.33 Å². The molecule has 0 unspecified atom stereocenters. The summed E-state index contributed by atoms with van der Waals surface area (Å²) in [5.41, 5.74) is 0. The van der Waals surface area contributed by atoms with Crippen LogP contribution in [0.1, 0.15) is 13.3 Å². The molecule has 0 aliphatic rings. The summed E-state index contributed by atoms with van der Waals surface area (Å²) in [5.74, 6) is 1.03. The number of thioether (sulfide) groups is 1. The SMILES string of the molecule is CCOCCCNCCSc1ccncn1. The number of rotatable bonds is 9. The molecule has 1 aromatic rings. The molecule has 0 aliphatic heterocycles. The van der Waals surface area contributed by atoms with Crippen LogP contribution in [0.4, 0.5) is 0 Å². The van der Waals surface area contributed by atoms with E-state index in [0.717, 1.165) is 43.5 Å². The maximum atomic E-state index is 5.25. The van der Waals surface area contributed by atoms with Gasteiger partial charge in [-0.25, -0.2) is 9.97 Å². The van der Waals surface area contributed by atoms with Gasteiger partial charge in [0.15, 0.2) is 0 Å². The fourth-order valence-corrected chi connectivity index (χ4v) is 1.89. The Morgan fingerprint density at radius 2 is 2.38 bits per heavy atom. The summed E-state index contributed by atoms with van der Waals surface area (Å²) in [6.07, 6.45) is 4.43. The average Bonchev–Trinajstić information content (AvgIpc) is 2.34. The molecule has 0 amide bonds. The molecule has 16 heavy (non-hydrogen) atoms. The van der Waals surface area contributed by atoms with Gasteiger partial charge in [0.05, 0.1) is 5.03 Å². The van der Waals surface area contributed by atoms with Crippen molar-refractivity contribution in [1.29, 1.82) is 0 Å². The van der Waals surface area contributed by atoms with Crippen molar-refractivity contribution >= 4 is 11.8 Å². The summed E-state index contributed by atoms with van der Waals surface area (Å²) in [6.45, 7) is 5.70. The highest BCUT2D eigenvalue weighted by Crippen LogP contribution is 2.11. The standard InChI is InChI=1S/C11H19N3OS/c1-2-15-8-3-5-12-7-9-16-11-4-6-13-10-14-11/h4,6,10,12H,2-3,5,7-9H2,1H3. The lowest BCUT2D eigenvalue weighted by Gasteiger charge is -2.04. The van der Waals surface area contributed by atoms with Crippen molar-refractivity contribution in [2.45, 2.75) is 18.4 Å². The van der Waals surface area contributed by atoms with Crippen molar-refractivity contribution in [3.63, 3.8) is 0 Å². The molecule has 0 fully saturated rings. The van der Waals surface area contributed by atoms with Crippen LogP contribution in [0.15, 0.2) is 23.6 Å². The summed E-state index contributed by atoms with van der Waals surface area (Å²) < 4.78 is 5.25. The molecule has 1 rings (SSSR count). The van der Waals surface area contributed by atoms with Crippen molar-refractivity contribution in [3.8, 4) is 0 Å². The van der Waals surface area contributed by atoms with E-state index in [2.05, 4.69) is 15.3 Å². The second-order valence-corrected chi connectivity index (χ2v) is 4.31. The summed E-state index contributed by atoms with van der Waals surface area (Å²) >= 11 is 1.74. The Kier molecular flexibility index (Phi) is 8.02. The number of nitrogens with one attached hydrogen (secondary N) is 1. The van der Waals surface area contributed by atoms with Gasteiger partial charge in [0.25, 0.3) is 0 Å². The third-order valence-corrected chi connectivity index (χ3v) is 2.88. The summed E-state index contributed by atoms with van der Waals surface area (Å²) in [5, 5.41) is 4.40. The van der Waals surface area contributed by atoms with E-state index in [4.69, 9.17) is 4.74 Å². The monoisotopic (exact) mass is 241 g/mol. The van der Waals surface area contributed by atoms with Gasteiger partial charge in [0, 0.05) is 31.7 Å². The Labute approximate surface area is 101 Å². The summed E-state index contributed by atoms with van der Waals surface area (Å²) in [7, 11) is 0. The molecule has 5 heteroatoms. The van der Waals surface area contributed by atoms with Gasteiger partial charge in [-0.15, -0.1) is 11.8 Å². The molecule has 1 N–H and O–H groups in total. The van der Waals surface area contributed by atoms with E-state index in [1.807, 2.05) is 13.0 Å². The van der Waals surface area contributed by atoms with Crippen LogP contribution in [0.2, 0.25) is 0 Å². The molecule has 0 saturated heterocycles. The molecule has 0 saturated carbocycles. The first kappa shape index (κ1) is 13.4. The van der Waals surface area contributed by atoms with E-state index in [9.17, 15) is 0 Å². The number of aromatic nitrogens is 2. The summed E-state index contributed by atoms with van der Waals surface area (Å²) in [6, 6.07) is 1.93. The molecule has 0 spiro atoms. The molecule has 0 aromatic carbocycles. The van der Waals surface area contributed by atoms with Gasteiger partial charge in [-0.05, 0) is 26.0 Å². The largest absolute Gasteiger partial charge is 0.382 e. The second kappa shape index (κ2) is 9.57. The lowest BCUT2D eigenvalue weighted by molar-refractivity contribution is 0.145. The first-order chi connectivity index (χ1) is 7.93. The highest BCUT2D eigenvalue weighted by atomic mass is 32.2. The quantitative estimate of drug-likeness (QED) is 0.404. The Balaban J connectivity index is 1.89. The van der Waals surface area contributed by atoms with Crippen molar-refractivity contribution in [2.75, 3.05) is 32.1 Å². The zero-order valence-corrected chi connectivity index (χ0v) is 10.5. The lowest BCUT2D eigenvalue weighted by Crippen LogP contribution is -2.19. The first-order valence-corrected chi connectivity index (χ1v) is 6.59. The van der Waals surface area contributed by atoms with Crippen molar-refractivity contribution in [2.24, 2.45) is 0 Å². The van der Waals surface area contributed by atoms with Crippen molar-refractivity contribution in [3.05, 3.63) is 18.6 Å². The summed E-state index contributed by atoms with van der Waals surface area (Å²) in [4.78, 5) is 8.02. The minimum atomic E-state index is 0.809. The minimum absolute atomic E-state index is 0.809. The van der Waals surface area contributed by atoms with Gasteiger partial charge in [-0.3, -0.25) is 0 Å². The van der Waals surface area contributed by atoms with Gasteiger partial charge < -0.3 is 10.1 Å². The molecular formula is C11H19N3OS. The number of hydrogen-bond acceptors (Lipinski definition) is 5. The predicted molar refractivity (Wildman–Crippen MR) is 66.7 cm³/mol. The molecule has 1 aromatic heterocycles. The number of ether oxygens (including phenoxy) is 1. The number of nitrogens with zero attached hydrogens (tertiary/aromatic N) is 2. The molecule has 90 valence electrons. The average molecular weight is 241 g/mol. The predicted octanol–water partition coefficient (Wildman–Crippen LogP) is 1.58. The van der Waals surface area contributed by atoms with Crippen LogP contribution in [-0.4, -0.2) is 42.0 Å². The normalized spacial score (nSPS) is 10.6. The molecule has 0 aliphatic carbocycles. The zero-order valence-electron chi connectivity index (χ0n) is 9.69. The highest BCUT2D eigenvalue weighted by molar-refractivity contribution is 7.99. The molecule has 0 atom stereocenters. The van der Waals surface area contributed by atoms with Crippen molar-refractivity contribution < 1.29 is 4.74 Å². The maximum absolute atomic E-state index is 5.25. The van der Waals surface area contributed by atoms with E-state index >= 15 is 0 Å². The van der Waals surface area contributed by atoms with Gasteiger partial charge in [-0.1, -0.05) is 0 Å². The Morgan fingerprint density at radius 1 is 1.44 bits per heavy atom. The Bertz CT molecular complexity index is 259. The van der Waals surface area contributed by atoms with Crippen LogP contribution in [0, 0.1) is 0 Å². The van der Waals surface area contributed by atoms with Crippen LogP contribution in [0.25, 0.3) is 0 Å². The minimum Gasteiger partial charge on any atom is -0.382 e. The van der Waals surface area contributed by atoms with Crippen LogP contribution in [0.3, 0.4) is 0 Å². The van der Waals surface area contributed by atoms with Crippen molar-refractivity contribution in [1.82, 2.24) is 15.3 Å². The van der Waals surface area contributed by atoms with Crippen LogP contribution < -0.4 is 5.32 Å². The fraction of sp³-hybridized carbons (Fsp3) is 0.636. The topological polar surface area (TPSA) is 47.0 Å². The van der Waals surface area contributed by atoms with Crippen LogP contribution >= 0.6 is 11.8 Å². The third kappa shape index (κ3) is 6.76. The molecule has 0 bridgehead atoms. The zero-order chi connectivity index (χ0) is 11.5. The first-order valence-electron chi connectivity index (χ1n) is 5.60. The molecule has 4 nitrogen and oxygen atoms in total. The maximum Gasteiger partial charge on any atom is 0.116 e. The van der Waals surface area contributed by atoms with E-state index < -0.39 is 0 Å². The molecule has 0 radical (unpaired) electrons. The van der Waals surface area contributed by atoms with E-state index in [0.29, 0.717) is 0 Å². The Morgan fingerprint density at radius 3 is 3.12 bits per heavy atom. The fourth-order valence-electron chi connectivity index (χ4n) is 1.16. The molecular weight excluding hydrogens is 222 g/mol. The van der Waals surface area contributed by atoms with Gasteiger partial charge >= 0.3 is 0 Å². The van der Waals surface area contributed by atoms with Crippen LogP contribution in [-0.2, 0) is 4.74 Å². The Hall–Kier alpha value is -0.650. The van der Waals surface area contributed by atoms with Crippen LogP contribution in [0.5, 0.6) is 0 Å². The second-order valence-electron chi connectivity index (χ2n) is 3.20.